The van der Waals surface area contributed by atoms with Crippen LogP contribution in [0.25, 0.3) is 0 Å². The Morgan fingerprint density at radius 3 is 2.11 bits per heavy atom. The van der Waals surface area contributed by atoms with Gasteiger partial charge in [0.1, 0.15) is 12.6 Å². The molecule has 3 aromatic rings. The van der Waals surface area contributed by atoms with Crippen LogP contribution < -0.4 is 56.6 Å². The maximum absolute atomic E-state index is 14.2. The smallest absolute Gasteiger partial charge is 0.416 e. The minimum absolute atomic E-state index is 0.0460. The lowest BCUT2D eigenvalue weighted by atomic mass is 10.0. The summed E-state index contributed by atoms with van der Waals surface area (Å²) in [5, 5.41) is 23.2. The Hall–Kier alpha value is -7.52. The van der Waals surface area contributed by atoms with E-state index >= 15 is 0 Å². The number of nitrogens with one attached hydrogen (secondary N) is 4. The lowest BCUT2D eigenvalue weighted by Gasteiger charge is -2.31. The van der Waals surface area contributed by atoms with Crippen LogP contribution in [0.3, 0.4) is 0 Å². The molecule has 73 heavy (non-hydrogen) atoms. The van der Waals surface area contributed by atoms with Crippen molar-refractivity contribution >= 4 is 52.8 Å². The van der Waals surface area contributed by atoms with Crippen molar-refractivity contribution in [3.8, 4) is 23.0 Å². The predicted molar refractivity (Wildman–Crippen MR) is 272 cm³/mol. The van der Waals surface area contributed by atoms with Crippen LogP contribution in [0, 0.1) is 5.92 Å². The molecule has 0 saturated carbocycles. The Kier molecular flexibility index (Phi) is 17.4. The van der Waals surface area contributed by atoms with Gasteiger partial charge in [-0.3, -0.25) is 19.2 Å². The second-order valence-corrected chi connectivity index (χ2v) is 19.0. The lowest BCUT2D eigenvalue weighted by molar-refractivity contribution is -0.128. The van der Waals surface area contributed by atoms with Gasteiger partial charge in [-0.2, -0.15) is 0 Å². The highest BCUT2D eigenvalue weighted by atomic mass is 16.6. The first kappa shape index (κ1) is 53.3. The van der Waals surface area contributed by atoms with Crippen LogP contribution >= 0.6 is 0 Å². The van der Waals surface area contributed by atoms with Crippen LogP contribution in [-0.4, -0.2) is 135 Å². The van der Waals surface area contributed by atoms with Crippen molar-refractivity contribution in [3.05, 3.63) is 89.5 Å². The summed E-state index contributed by atoms with van der Waals surface area (Å²) in [7, 11) is 2.98. The standard InChI is InChI=1S/C52H67N9O12/c1-29(2)45(53)47(63)58-37(11-10-16-55-51(54)67)46(62)57-33-14-12-32(13-15-33)28-73-52(68)61-39-24-44(42(70-6)22-36(39)49(65)60-27-31(4)20-40(60)50(61)66)72-18-9-7-8-17-71-43-23-38-35(21-41(43)69-5)48(64)59-26-30(3)19-34(59)25-56-38/h12-15,21-24,29,34,37,40,45,50,56,66H,3-4,7-11,16-20,25-28,53H2,1-2,5-6H3,(H,57,62)(H,58,63)(H3,54,55,67)/t34-,37-,40?,45-,50?/m0/s1. The number of carbonyl (C=O) groups is 6. The summed E-state index contributed by atoms with van der Waals surface area (Å²) in [6, 6.07) is 9.71. The summed E-state index contributed by atoms with van der Waals surface area (Å²) < 4.78 is 29.4. The molecule has 4 aliphatic heterocycles. The zero-order chi connectivity index (χ0) is 52.5. The van der Waals surface area contributed by atoms with Gasteiger partial charge in [0, 0.05) is 44.0 Å². The molecule has 4 heterocycles. The third-order valence-corrected chi connectivity index (χ3v) is 13.3. The number of primary amides is 1. The molecule has 0 bridgehead atoms. The molecule has 7 rings (SSSR count). The summed E-state index contributed by atoms with van der Waals surface area (Å²) in [5.74, 6) is -0.196. The van der Waals surface area contributed by atoms with E-state index in [-0.39, 0.29) is 79.8 Å². The third kappa shape index (κ3) is 12.6. The van der Waals surface area contributed by atoms with Gasteiger partial charge in [-0.15, -0.1) is 0 Å². The molecule has 21 heteroatoms. The number of aliphatic hydroxyl groups excluding tert-OH is 1. The van der Waals surface area contributed by atoms with Crippen molar-refractivity contribution in [3.63, 3.8) is 0 Å². The maximum Gasteiger partial charge on any atom is 0.416 e. The first-order chi connectivity index (χ1) is 35.0. The van der Waals surface area contributed by atoms with Gasteiger partial charge in [-0.1, -0.05) is 50.3 Å². The average molecular weight is 1010 g/mol. The molecule has 21 nitrogen and oxygen atoms in total. The highest BCUT2D eigenvalue weighted by Gasteiger charge is 2.46. The lowest BCUT2D eigenvalue weighted by Crippen LogP contribution is -2.51. The average Bonchev–Trinajstić information content (AvgIpc) is 3.91. The fourth-order valence-corrected chi connectivity index (χ4v) is 9.25. The predicted octanol–water partition coefficient (Wildman–Crippen LogP) is 4.63. The van der Waals surface area contributed by atoms with Crippen LogP contribution in [0.5, 0.6) is 23.0 Å². The minimum atomic E-state index is -1.52. The SMILES string of the molecule is C=C1CC2C(O)N(C(=O)OCc3ccc(NC(=O)[C@H](CCCNC(N)=O)NC(=O)[C@@H](N)C(C)C)cc3)c3cc(OCCCCCOc4cc5c(cc4OC)C(=O)N4CC(=C)C[C@H]4CN5)c(OC)cc3C(=O)N2C1. The number of nitrogens with zero attached hydrogens (tertiary/aromatic N) is 3. The van der Waals surface area contributed by atoms with Crippen molar-refractivity contribution in [2.24, 2.45) is 17.4 Å². The zero-order valence-corrected chi connectivity index (χ0v) is 41.8. The van der Waals surface area contributed by atoms with E-state index in [4.69, 9.17) is 35.2 Å². The van der Waals surface area contributed by atoms with Crippen molar-refractivity contribution in [1.82, 2.24) is 20.4 Å². The van der Waals surface area contributed by atoms with Gasteiger partial charge >= 0.3 is 12.1 Å². The first-order valence-electron chi connectivity index (χ1n) is 24.5. The van der Waals surface area contributed by atoms with Gasteiger partial charge in [0.15, 0.2) is 29.2 Å². The number of ether oxygens (including phenoxy) is 5. The highest BCUT2D eigenvalue weighted by molar-refractivity contribution is 6.06. The van der Waals surface area contributed by atoms with Gasteiger partial charge < -0.3 is 71.3 Å². The molecule has 0 radical (unpaired) electrons. The minimum Gasteiger partial charge on any atom is -0.493 e. The van der Waals surface area contributed by atoms with Gasteiger partial charge in [0.2, 0.25) is 11.8 Å². The van der Waals surface area contributed by atoms with Crippen LogP contribution in [0.1, 0.15) is 85.1 Å². The first-order valence-corrected chi connectivity index (χ1v) is 24.5. The van der Waals surface area contributed by atoms with Crippen LogP contribution in [0.4, 0.5) is 26.7 Å². The summed E-state index contributed by atoms with van der Waals surface area (Å²) in [6.45, 7) is 13.6. The maximum atomic E-state index is 14.2. The van der Waals surface area contributed by atoms with E-state index in [0.29, 0.717) is 85.0 Å². The molecular weight excluding hydrogens is 943 g/mol. The molecule has 2 saturated heterocycles. The number of fused-ring (bicyclic) bond motifs is 4. The molecule has 0 aliphatic carbocycles. The monoisotopic (exact) mass is 1010 g/mol. The number of rotatable bonds is 21. The second-order valence-electron chi connectivity index (χ2n) is 19.0. The van der Waals surface area contributed by atoms with E-state index in [1.54, 1.807) is 44.2 Å². The Morgan fingerprint density at radius 2 is 1.45 bits per heavy atom. The van der Waals surface area contributed by atoms with Crippen molar-refractivity contribution in [1.29, 1.82) is 0 Å². The van der Waals surface area contributed by atoms with Crippen molar-refractivity contribution < 1.29 is 57.6 Å². The number of aliphatic hydroxyl groups is 1. The van der Waals surface area contributed by atoms with Crippen LogP contribution in [0.15, 0.2) is 72.8 Å². The Morgan fingerprint density at radius 1 is 0.822 bits per heavy atom. The van der Waals surface area contributed by atoms with Crippen molar-refractivity contribution in [2.75, 3.05) is 69.1 Å². The number of urea groups is 1. The number of amides is 7. The van der Waals surface area contributed by atoms with E-state index in [9.17, 15) is 33.9 Å². The number of nitrogens with two attached hydrogens (primary N) is 2. The van der Waals surface area contributed by atoms with Gasteiger partial charge in [-0.05, 0) is 80.7 Å². The number of unbranched alkanes of at least 4 members (excludes halogenated alkanes) is 2. The molecule has 9 N–H and O–H groups in total. The van der Waals surface area contributed by atoms with E-state index in [1.165, 1.54) is 31.3 Å². The van der Waals surface area contributed by atoms with Crippen molar-refractivity contribution in [2.45, 2.75) is 95.8 Å². The fourth-order valence-electron chi connectivity index (χ4n) is 9.25. The molecule has 392 valence electrons. The quantitative estimate of drug-likeness (QED) is 0.0567. The molecule has 2 unspecified atom stereocenters. The Labute approximate surface area is 424 Å². The molecule has 3 aromatic carbocycles. The number of carbonyl (C=O) groups excluding carboxylic acids is 6. The normalized spacial score (nSPS) is 18.8. The van der Waals surface area contributed by atoms with Crippen LogP contribution in [-0.2, 0) is 20.9 Å². The summed E-state index contributed by atoms with van der Waals surface area (Å²) in [4.78, 5) is 83.4. The van der Waals surface area contributed by atoms with Crippen LogP contribution in [0.2, 0.25) is 0 Å². The highest BCUT2D eigenvalue weighted by Crippen LogP contribution is 2.42. The fraction of sp³-hybridized carbons (Fsp3) is 0.462. The number of hydrogen-bond donors (Lipinski definition) is 7. The Bertz CT molecular complexity index is 2590. The number of anilines is 3. The molecule has 7 amide bonds. The zero-order valence-electron chi connectivity index (χ0n) is 41.8. The summed E-state index contributed by atoms with van der Waals surface area (Å²) >= 11 is 0. The van der Waals surface area contributed by atoms with E-state index in [0.717, 1.165) is 16.9 Å². The van der Waals surface area contributed by atoms with Gasteiger partial charge in [-0.25, -0.2) is 14.5 Å². The van der Waals surface area contributed by atoms with E-state index in [2.05, 4.69) is 34.4 Å². The summed E-state index contributed by atoms with van der Waals surface area (Å²) in [5.41, 5.74) is 15.3. The topological polar surface area (TPSA) is 279 Å². The molecule has 0 aromatic heterocycles. The molecule has 2 fully saturated rings. The van der Waals surface area contributed by atoms with Gasteiger partial charge in [0.25, 0.3) is 11.8 Å². The van der Waals surface area contributed by atoms with Gasteiger partial charge in [0.05, 0.1) is 68.1 Å². The van der Waals surface area contributed by atoms with E-state index in [1.807, 2.05) is 11.0 Å². The molecule has 4 aliphatic rings. The second kappa shape index (κ2) is 23.8. The number of hydrogen-bond acceptors (Lipinski definition) is 14. The molecule has 5 atom stereocenters. The van der Waals surface area contributed by atoms with E-state index < -0.39 is 54.2 Å². The molecular formula is C52H67N9O12. The number of methoxy groups -OCH3 is 2. The largest absolute Gasteiger partial charge is 0.493 e. The molecule has 0 spiro atoms. The number of benzene rings is 3. The summed E-state index contributed by atoms with van der Waals surface area (Å²) in [6.07, 6.45) is 1.09. The Balaban J connectivity index is 0.974. The third-order valence-electron chi connectivity index (χ3n) is 13.3.